The van der Waals surface area contributed by atoms with Gasteiger partial charge in [-0.25, -0.2) is 0 Å². The Bertz CT molecular complexity index is 336. The third-order valence-corrected chi connectivity index (χ3v) is 5.05. The summed E-state index contributed by atoms with van der Waals surface area (Å²) in [6.45, 7) is 6.31. The highest BCUT2D eigenvalue weighted by Crippen LogP contribution is 2.32. The van der Waals surface area contributed by atoms with Gasteiger partial charge in [-0.2, -0.15) is 0 Å². The minimum atomic E-state index is 0.524. The molecule has 0 aromatic carbocycles. The van der Waals surface area contributed by atoms with Crippen LogP contribution in [0.25, 0.3) is 0 Å². The van der Waals surface area contributed by atoms with Crippen LogP contribution in [0.3, 0.4) is 0 Å². The summed E-state index contributed by atoms with van der Waals surface area (Å²) in [7, 11) is 2.08. The Kier molecular flexibility index (Phi) is 4.60. The highest BCUT2D eigenvalue weighted by Gasteiger charge is 2.20. The van der Waals surface area contributed by atoms with Gasteiger partial charge in [-0.3, -0.25) is 0 Å². The van der Waals surface area contributed by atoms with E-state index < -0.39 is 0 Å². The molecule has 2 heterocycles. The van der Waals surface area contributed by atoms with Crippen molar-refractivity contribution in [2.75, 3.05) is 20.3 Å². The Morgan fingerprint density at radius 1 is 1.41 bits per heavy atom. The fourth-order valence-corrected chi connectivity index (χ4v) is 3.63. The van der Waals surface area contributed by atoms with Crippen LogP contribution in [0.2, 0.25) is 0 Å². The van der Waals surface area contributed by atoms with Crippen LogP contribution in [-0.4, -0.2) is 20.3 Å². The first-order chi connectivity index (χ1) is 8.20. The topological polar surface area (TPSA) is 21.3 Å². The first-order valence-electron chi connectivity index (χ1n) is 6.52. The van der Waals surface area contributed by atoms with Crippen LogP contribution in [0.5, 0.6) is 0 Å². The summed E-state index contributed by atoms with van der Waals surface area (Å²) in [5.41, 5.74) is 1.43. The number of rotatable bonds is 4. The number of hydrogen-bond donors (Lipinski definition) is 1. The number of hydrogen-bond acceptors (Lipinski definition) is 3. The Hall–Kier alpha value is -0.380. The zero-order chi connectivity index (χ0) is 12.3. The summed E-state index contributed by atoms with van der Waals surface area (Å²) in [5, 5.41) is 3.48. The quantitative estimate of drug-likeness (QED) is 0.887. The van der Waals surface area contributed by atoms with Crippen molar-refractivity contribution in [3.8, 4) is 0 Å². The molecule has 17 heavy (non-hydrogen) atoms. The molecule has 0 saturated carbocycles. The Morgan fingerprint density at radius 2 is 2.12 bits per heavy atom. The lowest BCUT2D eigenvalue weighted by molar-refractivity contribution is 0.0609. The Balaban J connectivity index is 2.00. The van der Waals surface area contributed by atoms with E-state index in [2.05, 4.69) is 32.3 Å². The van der Waals surface area contributed by atoms with Crippen LogP contribution in [-0.2, 0) is 4.74 Å². The van der Waals surface area contributed by atoms with Crippen LogP contribution in [0.4, 0.5) is 0 Å². The average molecular weight is 253 g/mol. The molecule has 1 aromatic heterocycles. The first kappa shape index (κ1) is 13.1. The molecule has 0 radical (unpaired) electrons. The lowest BCUT2D eigenvalue weighted by atomic mass is 9.92. The van der Waals surface area contributed by atoms with Crippen molar-refractivity contribution < 1.29 is 4.74 Å². The molecule has 3 heteroatoms. The molecule has 96 valence electrons. The van der Waals surface area contributed by atoms with Crippen molar-refractivity contribution in [3.63, 3.8) is 0 Å². The zero-order valence-corrected chi connectivity index (χ0v) is 11.9. The Morgan fingerprint density at radius 3 is 2.65 bits per heavy atom. The van der Waals surface area contributed by atoms with Crippen molar-refractivity contribution in [2.45, 2.75) is 39.2 Å². The maximum atomic E-state index is 5.43. The first-order valence-corrected chi connectivity index (χ1v) is 7.34. The van der Waals surface area contributed by atoms with E-state index in [1.807, 2.05) is 11.3 Å². The molecule has 1 saturated heterocycles. The molecule has 0 spiro atoms. The van der Waals surface area contributed by atoms with Crippen LogP contribution < -0.4 is 5.32 Å². The molecule has 1 aliphatic heterocycles. The maximum Gasteiger partial charge on any atom is 0.0468 e. The summed E-state index contributed by atoms with van der Waals surface area (Å²) in [6, 6.07) is 2.87. The fraction of sp³-hybridized carbons (Fsp3) is 0.714. The van der Waals surface area contributed by atoms with Gasteiger partial charge >= 0.3 is 0 Å². The standard InChI is InChI=1S/C14H23NOS/c1-10-8-14(17-11(10)2)13(15-3)9-12-4-6-16-7-5-12/h8,12-13,15H,4-7,9H2,1-3H3. The molecule has 1 atom stereocenters. The van der Waals surface area contributed by atoms with E-state index in [0.717, 1.165) is 19.1 Å². The van der Waals surface area contributed by atoms with Crippen LogP contribution >= 0.6 is 11.3 Å². The van der Waals surface area contributed by atoms with Gasteiger partial charge in [-0.05, 0) is 57.7 Å². The second-order valence-electron chi connectivity index (χ2n) is 5.02. The van der Waals surface area contributed by atoms with Crippen molar-refractivity contribution in [2.24, 2.45) is 5.92 Å². The van der Waals surface area contributed by atoms with E-state index in [1.54, 1.807) is 0 Å². The van der Waals surface area contributed by atoms with Crippen molar-refractivity contribution >= 4 is 11.3 Å². The number of aryl methyl sites for hydroxylation is 2. The molecule has 1 N–H and O–H groups in total. The van der Waals surface area contributed by atoms with Gasteiger partial charge in [0.1, 0.15) is 0 Å². The van der Waals surface area contributed by atoms with Crippen molar-refractivity contribution in [3.05, 3.63) is 21.4 Å². The van der Waals surface area contributed by atoms with E-state index in [4.69, 9.17) is 4.74 Å². The molecule has 0 amide bonds. The molecule has 0 aliphatic carbocycles. The second-order valence-corrected chi connectivity index (χ2v) is 6.31. The van der Waals surface area contributed by atoms with Gasteiger partial charge in [-0.15, -0.1) is 11.3 Å². The van der Waals surface area contributed by atoms with Gasteiger partial charge in [0.05, 0.1) is 0 Å². The predicted octanol–water partition coefficient (Wildman–Crippen LogP) is 3.44. The molecular weight excluding hydrogens is 230 g/mol. The summed E-state index contributed by atoms with van der Waals surface area (Å²) in [5.74, 6) is 0.823. The lowest BCUT2D eigenvalue weighted by Gasteiger charge is -2.26. The van der Waals surface area contributed by atoms with Crippen molar-refractivity contribution in [1.29, 1.82) is 0 Å². The van der Waals surface area contributed by atoms with Gasteiger partial charge in [0.2, 0.25) is 0 Å². The third-order valence-electron chi connectivity index (χ3n) is 3.79. The minimum Gasteiger partial charge on any atom is -0.381 e. The van der Waals surface area contributed by atoms with Gasteiger partial charge in [0.15, 0.2) is 0 Å². The summed E-state index contributed by atoms with van der Waals surface area (Å²) in [4.78, 5) is 2.95. The van der Waals surface area contributed by atoms with E-state index in [1.165, 1.54) is 34.6 Å². The van der Waals surface area contributed by atoms with Crippen LogP contribution in [0, 0.1) is 19.8 Å². The molecule has 2 rings (SSSR count). The third kappa shape index (κ3) is 3.30. The minimum absolute atomic E-state index is 0.524. The lowest BCUT2D eigenvalue weighted by Crippen LogP contribution is -2.23. The van der Waals surface area contributed by atoms with Crippen LogP contribution in [0.15, 0.2) is 6.07 Å². The number of thiophene rings is 1. The van der Waals surface area contributed by atoms with E-state index in [-0.39, 0.29) is 0 Å². The monoisotopic (exact) mass is 253 g/mol. The van der Waals surface area contributed by atoms with Crippen molar-refractivity contribution in [1.82, 2.24) is 5.32 Å². The Labute approximate surface area is 108 Å². The van der Waals surface area contributed by atoms with E-state index >= 15 is 0 Å². The number of nitrogens with one attached hydrogen (secondary N) is 1. The fourth-order valence-electron chi connectivity index (χ4n) is 2.47. The molecule has 1 unspecified atom stereocenters. The highest BCUT2D eigenvalue weighted by molar-refractivity contribution is 7.12. The van der Waals surface area contributed by atoms with E-state index in [0.29, 0.717) is 6.04 Å². The average Bonchev–Trinajstić information content (AvgIpc) is 2.68. The van der Waals surface area contributed by atoms with Gasteiger partial charge in [0, 0.05) is 29.0 Å². The molecule has 0 bridgehead atoms. The van der Waals surface area contributed by atoms with Gasteiger partial charge in [0.25, 0.3) is 0 Å². The smallest absolute Gasteiger partial charge is 0.0468 e. The SMILES string of the molecule is CNC(CC1CCOCC1)c1cc(C)c(C)s1. The highest BCUT2D eigenvalue weighted by atomic mass is 32.1. The molecule has 1 aliphatic rings. The van der Waals surface area contributed by atoms with Crippen LogP contribution in [0.1, 0.15) is 40.6 Å². The summed E-state index contributed by atoms with van der Waals surface area (Å²) >= 11 is 1.94. The molecule has 1 fully saturated rings. The largest absolute Gasteiger partial charge is 0.381 e. The maximum absolute atomic E-state index is 5.43. The summed E-state index contributed by atoms with van der Waals surface area (Å²) < 4.78 is 5.43. The molecular formula is C14H23NOS. The van der Waals surface area contributed by atoms with Gasteiger partial charge in [-0.1, -0.05) is 0 Å². The molecule has 1 aromatic rings. The number of ether oxygens (including phenoxy) is 1. The normalized spacial score (nSPS) is 19.5. The second kappa shape index (κ2) is 5.98. The zero-order valence-electron chi connectivity index (χ0n) is 11.1. The predicted molar refractivity (Wildman–Crippen MR) is 73.8 cm³/mol. The molecule has 2 nitrogen and oxygen atoms in total. The summed E-state index contributed by atoms with van der Waals surface area (Å²) in [6.07, 6.45) is 3.70. The van der Waals surface area contributed by atoms with Gasteiger partial charge < -0.3 is 10.1 Å². The van der Waals surface area contributed by atoms with E-state index in [9.17, 15) is 0 Å².